The molecule has 1 aromatic carbocycles. The maximum atomic E-state index is 8.97. The van der Waals surface area contributed by atoms with E-state index in [0.29, 0.717) is 0 Å². The Morgan fingerprint density at radius 1 is 1.31 bits per heavy atom. The van der Waals surface area contributed by atoms with Crippen LogP contribution in [0.2, 0.25) is 0 Å². The number of aromatic nitrogens is 1. The fraction of sp³-hybridized carbons (Fsp3) is 0.273. The molecule has 1 heterocycles. The van der Waals surface area contributed by atoms with Crippen LogP contribution in [-0.2, 0) is 13.7 Å². The monoisotopic (exact) mass is 175 g/mol. The van der Waals surface area contributed by atoms with Crippen molar-refractivity contribution in [2.24, 2.45) is 7.05 Å². The van der Waals surface area contributed by atoms with Crippen molar-refractivity contribution in [2.75, 3.05) is 0 Å². The summed E-state index contributed by atoms with van der Waals surface area (Å²) < 4.78 is 2.15. The predicted octanol–water partition coefficient (Wildman–Crippen LogP) is 1.98. The Hall–Kier alpha value is -1.28. The number of fused-ring (bicyclic) bond motifs is 1. The van der Waals surface area contributed by atoms with Crippen molar-refractivity contribution in [3.63, 3.8) is 0 Å². The fourth-order valence-corrected chi connectivity index (χ4v) is 1.64. The minimum absolute atomic E-state index is 0.115. The van der Waals surface area contributed by atoms with Gasteiger partial charge in [-0.25, -0.2) is 0 Å². The van der Waals surface area contributed by atoms with Crippen LogP contribution in [0.1, 0.15) is 11.3 Å². The molecular weight excluding hydrogens is 162 g/mol. The first-order valence-electron chi connectivity index (χ1n) is 4.38. The zero-order chi connectivity index (χ0) is 9.42. The lowest BCUT2D eigenvalue weighted by molar-refractivity contribution is 0.282. The summed E-state index contributed by atoms with van der Waals surface area (Å²) in [6, 6.07) is 8.17. The van der Waals surface area contributed by atoms with Gasteiger partial charge in [0.2, 0.25) is 0 Å². The van der Waals surface area contributed by atoms with Gasteiger partial charge in [-0.15, -0.1) is 0 Å². The molecule has 2 heteroatoms. The summed E-state index contributed by atoms with van der Waals surface area (Å²) in [6.07, 6.45) is 0. The highest BCUT2D eigenvalue weighted by atomic mass is 16.3. The van der Waals surface area contributed by atoms with Crippen molar-refractivity contribution in [3.8, 4) is 0 Å². The maximum absolute atomic E-state index is 8.97. The molecule has 0 radical (unpaired) electrons. The molecule has 2 nitrogen and oxygen atoms in total. The molecule has 1 aromatic heterocycles. The first kappa shape index (κ1) is 8.32. The van der Waals surface area contributed by atoms with Gasteiger partial charge < -0.3 is 9.67 Å². The number of hydrogen-bond donors (Lipinski definition) is 1. The highest BCUT2D eigenvalue weighted by molar-refractivity contribution is 5.81. The number of benzene rings is 1. The summed E-state index contributed by atoms with van der Waals surface area (Å²) in [4.78, 5) is 0. The minimum Gasteiger partial charge on any atom is -0.392 e. The first-order chi connectivity index (χ1) is 6.22. The third kappa shape index (κ3) is 1.23. The third-order valence-electron chi connectivity index (χ3n) is 2.53. The normalized spacial score (nSPS) is 11.0. The SMILES string of the molecule is Cc1cc2cc(CO)ccc2n1C. The van der Waals surface area contributed by atoms with Crippen molar-refractivity contribution in [3.05, 3.63) is 35.5 Å². The van der Waals surface area contributed by atoms with E-state index in [0.717, 1.165) is 5.56 Å². The number of nitrogens with zero attached hydrogens (tertiary/aromatic N) is 1. The fourth-order valence-electron chi connectivity index (χ4n) is 1.64. The van der Waals surface area contributed by atoms with Gasteiger partial charge >= 0.3 is 0 Å². The molecule has 0 aliphatic heterocycles. The van der Waals surface area contributed by atoms with Crippen LogP contribution >= 0.6 is 0 Å². The van der Waals surface area contributed by atoms with E-state index in [1.54, 1.807) is 0 Å². The van der Waals surface area contributed by atoms with E-state index < -0.39 is 0 Å². The number of aryl methyl sites for hydroxylation is 2. The quantitative estimate of drug-likeness (QED) is 0.704. The van der Waals surface area contributed by atoms with Gasteiger partial charge in [0.25, 0.3) is 0 Å². The Morgan fingerprint density at radius 3 is 2.77 bits per heavy atom. The molecule has 0 atom stereocenters. The Kier molecular flexibility index (Phi) is 1.85. The molecule has 2 aromatic rings. The summed E-state index contributed by atoms with van der Waals surface area (Å²) in [5.41, 5.74) is 3.43. The van der Waals surface area contributed by atoms with Crippen LogP contribution in [0.25, 0.3) is 10.9 Å². The van der Waals surface area contributed by atoms with Gasteiger partial charge in [-0.3, -0.25) is 0 Å². The molecule has 1 N–H and O–H groups in total. The molecule has 0 aliphatic rings. The van der Waals surface area contributed by atoms with E-state index in [2.05, 4.69) is 24.6 Å². The molecule has 0 fully saturated rings. The van der Waals surface area contributed by atoms with Crippen molar-refractivity contribution < 1.29 is 5.11 Å². The van der Waals surface area contributed by atoms with E-state index >= 15 is 0 Å². The molecule has 0 spiro atoms. The van der Waals surface area contributed by atoms with Crippen LogP contribution in [0.15, 0.2) is 24.3 Å². The lowest BCUT2D eigenvalue weighted by Gasteiger charge is -1.99. The molecule has 0 aliphatic carbocycles. The number of hydrogen-bond acceptors (Lipinski definition) is 1. The highest BCUT2D eigenvalue weighted by Gasteiger charge is 2.01. The molecule has 0 amide bonds. The Morgan fingerprint density at radius 2 is 2.08 bits per heavy atom. The molecular formula is C11H13NO. The summed E-state index contributed by atoms with van der Waals surface area (Å²) in [6.45, 7) is 2.20. The molecule has 68 valence electrons. The first-order valence-corrected chi connectivity index (χ1v) is 4.38. The molecule has 0 saturated carbocycles. The largest absolute Gasteiger partial charge is 0.392 e. The van der Waals surface area contributed by atoms with Gasteiger partial charge in [-0.05, 0) is 30.7 Å². The zero-order valence-electron chi connectivity index (χ0n) is 7.91. The summed E-state index contributed by atoms with van der Waals surface area (Å²) in [5.74, 6) is 0. The smallest absolute Gasteiger partial charge is 0.0682 e. The van der Waals surface area contributed by atoms with Gasteiger partial charge in [0.05, 0.1) is 6.61 Å². The van der Waals surface area contributed by atoms with Gasteiger partial charge in [-0.1, -0.05) is 6.07 Å². The van der Waals surface area contributed by atoms with Crippen LogP contribution in [-0.4, -0.2) is 9.67 Å². The minimum atomic E-state index is 0.115. The van der Waals surface area contributed by atoms with Crippen molar-refractivity contribution in [2.45, 2.75) is 13.5 Å². The molecule has 0 bridgehead atoms. The van der Waals surface area contributed by atoms with Crippen LogP contribution in [0.4, 0.5) is 0 Å². The zero-order valence-corrected chi connectivity index (χ0v) is 7.91. The van der Waals surface area contributed by atoms with Gasteiger partial charge in [0, 0.05) is 23.6 Å². The second kappa shape index (κ2) is 2.89. The van der Waals surface area contributed by atoms with E-state index in [9.17, 15) is 0 Å². The molecule has 13 heavy (non-hydrogen) atoms. The Bertz CT molecular complexity index is 443. The summed E-state index contributed by atoms with van der Waals surface area (Å²) in [5, 5.41) is 10.2. The lowest BCUT2D eigenvalue weighted by Crippen LogP contribution is -1.89. The second-order valence-corrected chi connectivity index (χ2v) is 3.40. The maximum Gasteiger partial charge on any atom is 0.0682 e. The number of aliphatic hydroxyl groups excluding tert-OH is 1. The van der Waals surface area contributed by atoms with E-state index in [4.69, 9.17) is 5.11 Å². The average Bonchev–Trinajstić information content (AvgIpc) is 2.42. The van der Waals surface area contributed by atoms with E-state index in [1.807, 2.05) is 18.2 Å². The topological polar surface area (TPSA) is 25.2 Å². The van der Waals surface area contributed by atoms with Crippen molar-refractivity contribution in [1.29, 1.82) is 0 Å². The van der Waals surface area contributed by atoms with Crippen molar-refractivity contribution >= 4 is 10.9 Å². The highest BCUT2D eigenvalue weighted by Crippen LogP contribution is 2.19. The number of aliphatic hydroxyl groups is 1. The standard InChI is InChI=1S/C11H13NO/c1-8-5-10-6-9(7-13)3-4-11(10)12(8)2/h3-6,13H,7H2,1-2H3. The predicted molar refractivity (Wildman–Crippen MR) is 53.6 cm³/mol. The summed E-state index contributed by atoms with van der Waals surface area (Å²) in [7, 11) is 2.05. The van der Waals surface area contributed by atoms with Gasteiger partial charge in [0.1, 0.15) is 0 Å². The molecule has 0 unspecified atom stereocenters. The third-order valence-corrected chi connectivity index (χ3v) is 2.53. The molecule has 0 saturated heterocycles. The second-order valence-electron chi connectivity index (χ2n) is 3.40. The Labute approximate surface area is 77.4 Å². The average molecular weight is 175 g/mol. The van der Waals surface area contributed by atoms with E-state index in [1.165, 1.54) is 16.6 Å². The van der Waals surface area contributed by atoms with Crippen LogP contribution in [0.3, 0.4) is 0 Å². The van der Waals surface area contributed by atoms with Gasteiger partial charge in [0.15, 0.2) is 0 Å². The van der Waals surface area contributed by atoms with Gasteiger partial charge in [-0.2, -0.15) is 0 Å². The lowest BCUT2D eigenvalue weighted by atomic mass is 10.2. The number of rotatable bonds is 1. The van der Waals surface area contributed by atoms with Crippen LogP contribution in [0, 0.1) is 6.92 Å². The molecule has 2 rings (SSSR count). The van der Waals surface area contributed by atoms with Crippen LogP contribution in [0.5, 0.6) is 0 Å². The van der Waals surface area contributed by atoms with E-state index in [-0.39, 0.29) is 6.61 Å². The Balaban J connectivity index is 2.73. The van der Waals surface area contributed by atoms with Crippen LogP contribution < -0.4 is 0 Å². The van der Waals surface area contributed by atoms with Crippen molar-refractivity contribution in [1.82, 2.24) is 4.57 Å². The summed E-state index contributed by atoms with van der Waals surface area (Å²) >= 11 is 0.